The lowest BCUT2D eigenvalue weighted by Gasteiger charge is -2.13. The second kappa shape index (κ2) is 7.18. The van der Waals surface area contributed by atoms with Crippen molar-refractivity contribution >= 4 is 21.4 Å². The molecule has 7 nitrogen and oxygen atoms in total. The van der Waals surface area contributed by atoms with Crippen LogP contribution in [0.25, 0.3) is 16.2 Å². The predicted molar refractivity (Wildman–Crippen MR) is 99.3 cm³/mol. The van der Waals surface area contributed by atoms with Crippen molar-refractivity contribution in [2.75, 3.05) is 33.2 Å². The first kappa shape index (κ1) is 17.3. The summed E-state index contributed by atoms with van der Waals surface area (Å²) in [4.78, 5) is 5.29. The van der Waals surface area contributed by atoms with Gasteiger partial charge >= 0.3 is 0 Å². The Labute approximate surface area is 150 Å². The van der Waals surface area contributed by atoms with Crippen LogP contribution in [0, 0.1) is 5.92 Å². The topological polar surface area (TPSA) is 69.9 Å². The molecule has 0 aliphatic carbocycles. The van der Waals surface area contributed by atoms with Crippen LogP contribution in [0.4, 0.5) is 5.13 Å². The van der Waals surface area contributed by atoms with Crippen LogP contribution >= 0.6 is 11.3 Å². The maximum Gasteiger partial charge on any atom is 0.214 e. The maximum atomic E-state index is 5.43. The van der Waals surface area contributed by atoms with E-state index in [4.69, 9.17) is 14.2 Å². The number of rotatable bonds is 7. The van der Waals surface area contributed by atoms with E-state index in [1.165, 1.54) is 11.3 Å². The van der Waals surface area contributed by atoms with Crippen LogP contribution in [0.3, 0.4) is 0 Å². The van der Waals surface area contributed by atoms with Gasteiger partial charge in [0.05, 0.1) is 33.2 Å². The lowest BCUT2D eigenvalue weighted by Crippen LogP contribution is -2.07. The quantitative estimate of drug-likeness (QED) is 0.693. The van der Waals surface area contributed by atoms with Crippen molar-refractivity contribution in [1.82, 2.24) is 14.6 Å². The normalized spacial score (nSPS) is 11.1. The first-order valence-corrected chi connectivity index (χ1v) is 8.77. The molecule has 0 amide bonds. The molecule has 8 heteroatoms. The number of imidazole rings is 1. The van der Waals surface area contributed by atoms with Crippen LogP contribution in [-0.4, -0.2) is 42.5 Å². The Bertz CT molecular complexity index is 847. The molecule has 2 heterocycles. The lowest BCUT2D eigenvalue weighted by molar-refractivity contribution is 0.324. The Morgan fingerprint density at radius 2 is 1.80 bits per heavy atom. The molecule has 1 N–H and O–H groups in total. The van der Waals surface area contributed by atoms with Gasteiger partial charge in [-0.1, -0.05) is 25.2 Å². The van der Waals surface area contributed by atoms with Gasteiger partial charge in [0, 0.05) is 12.1 Å². The molecule has 3 aromatic rings. The summed E-state index contributed by atoms with van der Waals surface area (Å²) in [6, 6.07) is 3.79. The molecule has 2 aromatic heterocycles. The number of fused-ring (bicyclic) bond motifs is 1. The Kier molecular flexibility index (Phi) is 4.98. The smallest absolute Gasteiger partial charge is 0.214 e. The molecule has 0 aliphatic rings. The van der Waals surface area contributed by atoms with Gasteiger partial charge < -0.3 is 19.5 Å². The Balaban J connectivity index is 2.04. The highest BCUT2D eigenvalue weighted by Gasteiger charge is 2.18. The van der Waals surface area contributed by atoms with Gasteiger partial charge in [0.2, 0.25) is 15.8 Å². The number of anilines is 1. The predicted octanol–water partition coefficient (Wildman–Crippen LogP) is 3.55. The molecule has 25 heavy (non-hydrogen) atoms. The van der Waals surface area contributed by atoms with Gasteiger partial charge in [-0.3, -0.25) is 0 Å². The zero-order chi connectivity index (χ0) is 18.0. The second-order valence-corrected chi connectivity index (χ2v) is 6.89. The molecule has 0 bridgehead atoms. The van der Waals surface area contributed by atoms with E-state index in [1.807, 2.05) is 16.6 Å². The van der Waals surface area contributed by atoms with E-state index in [-0.39, 0.29) is 0 Å². The van der Waals surface area contributed by atoms with Crippen LogP contribution < -0.4 is 19.5 Å². The molecule has 134 valence electrons. The highest BCUT2D eigenvalue weighted by Crippen LogP contribution is 2.41. The summed E-state index contributed by atoms with van der Waals surface area (Å²) in [5.41, 5.74) is 1.76. The fourth-order valence-corrected chi connectivity index (χ4v) is 3.26. The zero-order valence-electron chi connectivity index (χ0n) is 15.0. The molecule has 0 unspecified atom stereocenters. The average Bonchev–Trinajstić information content (AvgIpc) is 3.18. The van der Waals surface area contributed by atoms with Crippen molar-refractivity contribution in [1.29, 1.82) is 0 Å². The van der Waals surface area contributed by atoms with Gasteiger partial charge in [-0.2, -0.15) is 0 Å². The molecule has 3 rings (SSSR count). The number of methoxy groups -OCH3 is 3. The number of hydrogen-bond acceptors (Lipinski definition) is 7. The van der Waals surface area contributed by atoms with Crippen LogP contribution in [-0.2, 0) is 0 Å². The summed E-state index contributed by atoms with van der Waals surface area (Å²) in [5.74, 6) is 2.30. The number of benzene rings is 1. The van der Waals surface area contributed by atoms with E-state index in [0.29, 0.717) is 23.2 Å². The standard InChI is InChI=1S/C17H22N4O3S/c1-10(2)8-18-16-20-21-12(9-19-17(21)25-16)11-6-13(22-3)15(24-5)14(7-11)23-4/h6-7,9-10H,8H2,1-5H3,(H,18,20). The van der Waals surface area contributed by atoms with Gasteiger partial charge in [0.25, 0.3) is 0 Å². The Morgan fingerprint density at radius 3 is 2.36 bits per heavy atom. The SMILES string of the molecule is COc1cc(-c2cnc3sc(NCC(C)C)nn23)cc(OC)c1OC. The monoisotopic (exact) mass is 362 g/mol. The number of ether oxygens (including phenoxy) is 3. The van der Waals surface area contributed by atoms with Crippen LogP contribution in [0.2, 0.25) is 0 Å². The fourth-order valence-electron chi connectivity index (χ4n) is 2.48. The molecule has 0 spiro atoms. The molecule has 0 atom stereocenters. The van der Waals surface area contributed by atoms with E-state index in [2.05, 4.69) is 29.2 Å². The van der Waals surface area contributed by atoms with Crippen LogP contribution in [0.5, 0.6) is 17.2 Å². The van der Waals surface area contributed by atoms with Gasteiger partial charge in [-0.25, -0.2) is 9.50 Å². The van der Waals surface area contributed by atoms with Crippen LogP contribution in [0.15, 0.2) is 18.3 Å². The first-order valence-electron chi connectivity index (χ1n) is 7.96. The van der Waals surface area contributed by atoms with Gasteiger partial charge in [-0.15, -0.1) is 5.10 Å². The van der Waals surface area contributed by atoms with Gasteiger partial charge in [-0.05, 0) is 18.1 Å². The lowest BCUT2D eigenvalue weighted by atomic mass is 10.1. The minimum atomic E-state index is 0.547. The summed E-state index contributed by atoms with van der Waals surface area (Å²) in [6.45, 7) is 5.19. The first-order chi connectivity index (χ1) is 12.1. The highest BCUT2D eigenvalue weighted by molar-refractivity contribution is 7.20. The largest absolute Gasteiger partial charge is 0.493 e. The van der Waals surface area contributed by atoms with Crippen molar-refractivity contribution in [2.24, 2.45) is 5.92 Å². The van der Waals surface area contributed by atoms with E-state index in [0.717, 1.165) is 27.9 Å². The van der Waals surface area contributed by atoms with Crippen molar-refractivity contribution < 1.29 is 14.2 Å². The van der Waals surface area contributed by atoms with E-state index < -0.39 is 0 Å². The van der Waals surface area contributed by atoms with Crippen molar-refractivity contribution in [3.05, 3.63) is 18.3 Å². The van der Waals surface area contributed by atoms with E-state index in [1.54, 1.807) is 27.5 Å². The molecular weight excluding hydrogens is 340 g/mol. The summed E-state index contributed by atoms with van der Waals surface area (Å²) in [5, 5.41) is 8.81. The minimum absolute atomic E-state index is 0.547. The highest BCUT2D eigenvalue weighted by atomic mass is 32.1. The van der Waals surface area contributed by atoms with Crippen LogP contribution in [0.1, 0.15) is 13.8 Å². The van der Waals surface area contributed by atoms with Gasteiger partial charge in [0.1, 0.15) is 0 Å². The van der Waals surface area contributed by atoms with E-state index >= 15 is 0 Å². The maximum absolute atomic E-state index is 5.43. The zero-order valence-corrected chi connectivity index (χ0v) is 15.8. The van der Waals surface area contributed by atoms with E-state index in [9.17, 15) is 0 Å². The number of nitrogens with one attached hydrogen (secondary N) is 1. The molecule has 0 aliphatic heterocycles. The number of nitrogens with zero attached hydrogens (tertiary/aromatic N) is 3. The minimum Gasteiger partial charge on any atom is -0.493 e. The third kappa shape index (κ3) is 3.34. The fraction of sp³-hybridized carbons (Fsp3) is 0.412. The van der Waals surface area contributed by atoms with Crippen molar-refractivity contribution in [3.63, 3.8) is 0 Å². The second-order valence-electron chi connectivity index (χ2n) is 5.93. The summed E-state index contributed by atoms with van der Waals surface area (Å²) in [6.07, 6.45) is 1.80. The summed E-state index contributed by atoms with van der Waals surface area (Å²) in [7, 11) is 4.79. The van der Waals surface area contributed by atoms with Crippen molar-refractivity contribution in [2.45, 2.75) is 13.8 Å². The number of hydrogen-bond donors (Lipinski definition) is 1. The summed E-state index contributed by atoms with van der Waals surface area (Å²) < 4.78 is 18.1. The molecule has 0 saturated heterocycles. The third-order valence-electron chi connectivity index (χ3n) is 3.71. The molecule has 0 saturated carbocycles. The average molecular weight is 362 g/mol. The third-order valence-corrected chi connectivity index (χ3v) is 4.59. The summed E-state index contributed by atoms with van der Waals surface area (Å²) >= 11 is 1.52. The molecule has 0 fully saturated rings. The number of aromatic nitrogens is 3. The van der Waals surface area contributed by atoms with Gasteiger partial charge in [0.15, 0.2) is 11.5 Å². The molecular formula is C17H22N4O3S. The Morgan fingerprint density at radius 1 is 1.12 bits per heavy atom. The molecule has 1 aromatic carbocycles. The van der Waals surface area contributed by atoms with Crippen molar-refractivity contribution in [3.8, 4) is 28.5 Å². The molecule has 0 radical (unpaired) electrons. The Hall–Kier alpha value is -2.48.